The van der Waals surface area contributed by atoms with Crippen LogP contribution in [-0.2, 0) is 14.9 Å². The van der Waals surface area contributed by atoms with E-state index in [2.05, 4.69) is 15.2 Å². The largest absolute Gasteiger partial charge is 0.469 e. The molecule has 3 aromatic heterocycles. The molecule has 10 heteroatoms. The van der Waals surface area contributed by atoms with E-state index in [4.69, 9.17) is 4.74 Å². The molecule has 1 aliphatic carbocycles. The Bertz CT molecular complexity index is 1010. The van der Waals surface area contributed by atoms with Gasteiger partial charge in [0.05, 0.1) is 29.8 Å². The van der Waals surface area contributed by atoms with Gasteiger partial charge in [-0.3, -0.25) is 4.79 Å². The van der Waals surface area contributed by atoms with Gasteiger partial charge in [-0.2, -0.15) is 18.3 Å². The summed E-state index contributed by atoms with van der Waals surface area (Å²) in [6.07, 6.45) is 2.86. The number of hydrogen-bond acceptors (Lipinski definition) is 5. The first-order valence-electron chi connectivity index (χ1n) is 7.81. The fraction of sp³-hybridized carbons (Fsp3) is 0.375. The minimum absolute atomic E-state index is 0.220. The van der Waals surface area contributed by atoms with E-state index in [1.807, 2.05) is 0 Å². The van der Waals surface area contributed by atoms with Gasteiger partial charge in [0.1, 0.15) is 0 Å². The van der Waals surface area contributed by atoms with Gasteiger partial charge in [0.25, 0.3) is 0 Å². The van der Waals surface area contributed by atoms with E-state index < -0.39 is 29.8 Å². The van der Waals surface area contributed by atoms with Crippen molar-refractivity contribution in [3.8, 4) is 0 Å². The molecule has 2 unspecified atom stereocenters. The van der Waals surface area contributed by atoms with Crippen LogP contribution >= 0.6 is 0 Å². The highest BCUT2D eigenvalue weighted by Gasteiger charge is 2.49. The quantitative estimate of drug-likeness (QED) is 0.667. The molecule has 0 radical (unpaired) electrons. The predicted molar refractivity (Wildman–Crippen MR) is 82.3 cm³/mol. The number of methoxy groups -OCH3 is 1. The number of carbonyl (C=O) groups is 1. The summed E-state index contributed by atoms with van der Waals surface area (Å²) < 4.78 is 46.3. The average molecular weight is 365 g/mol. The highest BCUT2D eigenvalue weighted by Crippen LogP contribution is 2.49. The third kappa shape index (κ3) is 2.21. The topological polar surface area (TPSA) is 74.3 Å². The summed E-state index contributed by atoms with van der Waals surface area (Å²) in [4.78, 5) is 16.4. The Morgan fingerprint density at radius 1 is 1.42 bits per heavy atom. The summed E-state index contributed by atoms with van der Waals surface area (Å²) in [5.41, 5.74) is 0.636. The van der Waals surface area contributed by atoms with Crippen molar-refractivity contribution in [3.63, 3.8) is 0 Å². The molecule has 2 atom stereocenters. The van der Waals surface area contributed by atoms with E-state index in [0.717, 1.165) is 6.07 Å². The maximum atomic E-state index is 13.7. The summed E-state index contributed by atoms with van der Waals surface area (Å²) in [6.45, 7) is -1.03. The SMILES string of the molecule is COC(=O)C1CC(C)(c2ccn(C(F)F)n2)c2c1cnc1cc(F)nn21. The van der Waals surface area contributed by atoms with Crippen LogP contribution in [0.4, 0.5) is 13.2 Å². The van der Waals surface area contributed by atoms with Crippen molar-refractivity contribution in [2.45, 2.75) is 31.2 Å². The molecule has 0 amide bonds. The van der Waals surface area contributed by atoms with Crippen molar-refractivity contribution in [2.24, 2.45) is 0 Å². The van der Waals surface area contributed by atoms with E-state index in [9.17, 15) is 18.0 Å². The Balaban J connectivity index is 1.97. The molecule has 0 fully saturated rings. The Morgan fingerprint density at radius 3 is 2.85 bits per heavy atom. The van der Waals surface area contributed by atoms with E-state index in [-0.39, 0.29) is 12.1 Å². The summed E-state index contributed by atoms with van der Waals surface area (Å²) >= 11 is 0. The van der Waals surface area contributed by atoms with Gasteiger partial charge in [-0.25, -0.2) is 14.2 Å². The van der Waals surface area contributed by atoms with E-state index >= 15 is 0 Å². The number of esters is 1. The van der Waals surface area contributed by atoms with Crippen LogP contribution in [0.5, 0.6) is 0 Å². The Kier molecular flexibility index (Phi) is 3.53. The molecule has 1 aliphatic rings. The fourth-order valence-corrected chi connectivity index (χ4v) is 3.66. The van der Waals surface area contributed by atoms with Crippen molar-refractivity contribution < 1.29 is 22.7 Å². The van der Waals surface area contributed by atoms with Crippen LogP contribution in [0.1, 0.15) is 42.8 Å². The van der Waals surface area contributed by atoms with Crippen molar-refractivity contribution in [2.75, 3.05) is 7.11 Å². The minimum atomic E-state index is -2.79. The second kappa shape index (κ2) is 5.55. The second-order valence-electron chi connectivity index (χ2n) is 6.37. The summed E-state index contributed by atoms with van der Waals surface area (Å²) in [7, 11) is 1.27. The smallest absolute Gasteiger partial charge is 0.333 e. The molecule has 0 aromatic carbocycles. The molecule has 3 aromatic rings. The predicted octanol–water partition coefficient (Wildman–Crippen LogP) is 2.43. The Hall–Kier alpha value is -2.91. The number of nitrogens with zero attached hydrogens (tertiary/aromatic N) is 5. The molecule has 0 saturated carbocycles. The van der Waals surface area contributed by atoms with Crippen LogP contribution < -0.4 is 0 Å². The molecule has 0 N–H and O–H groups in total. The first kappa shape index (κ1) is 16.6. The number of halogens is 3. The number of aromatic nitrogens is 5. The zero-order valence-corrected chi connectivity index (χ0v) is 13.9. The van der Waals surface area contributed by atoms with Crippen molar-refractivity contribution in [1.82, 2.24) is 24.4 Å². The molecule has 0 spiro atoms. The normalized spacial score (nSPS) is 22.2. The highest BCUT2D eigenvalue weighted by atomic mass is 19.3. The van der Waals surface area contributed by atoms with Gasteiger partial charge in [0.15, 0.2) is 5.65 Å². The van der Waals surface area contributed by atoms with Crippen LogP contribution in [0.15, 0.2) is 24.5 Å². The lowest BCUT2D eigenvalue weighted by Gasteiger charge is -2.23. The average Bonchev–Trinajstić information content (AvgIpc) is 3.29. The van der Waals surface area contributed by atoms with Gasteiger partial charge in [0.2, 0.25) is 5.95 Å². The number of hydrogen-bond donors (Lipinski definition) is 0. The van der Waals surface area contributed by atoms with Crippen LogP contribution in [0.2, 0.25) is 0 Å². The molecular formula is C16H14F3N5O2. The molecular weight excluding hydrogens is 351 g/mol. The molecule has 0 bridgehead atoms. The van der Waals surface area contributed by atoms with Crippen molar-refractivity contribution in [1.29, 1.82) is 0 Å². The number of carbonyl (C=O) groups excluding carboxylic acids is 1. The van der Waals surface area contributed by atoms with Gasteiger partial charge >= 0.3 is 12.5 Å². The standard InChI is InChI=1S/C16H14F3N5O2/c1-16(10-3-4-23(21-10)15(18)19)6-8(14(25)26-2)9-7-20-12-5-11(17)22-24(12)13(9)16/h3-5,7-8,15H,6H2,1-2H3. The molecule has 136 valence electrons. The highest BCUT2D eigenvalue weighted by molar-refractivity contribution is 5.80. The van der Waals surface area contributed by atoms with Gasteiger partial charge in [-0.15, -0.1) is 5.10 Å². The van der Waals surface area contributed by atoms with Crippen molar-refractivity contribution in [3.05, 3.63) is 47.4 Å². The van der Waals surface area contributed by atoms with Crippen LogP contribution in [0, 0.1) is 5.95 Å². The number of alkyl halides is 2. The van der Waals surface area contributed by atoms with E-state index in [0.29, 0.717) is 21.6 Å². The summed E-state index contributed by atoms with van der Waals surface area (Å²) in [5, 5.41) is 7.77. The third-order valence-electron chi connectivity index (χ3n) is 4.85. The zero-order chi connectivity index (χ0) is 18.6. The maximum Gasteiger partial charge on any atom is 0.333 e. The first-order valence-corrected chi connectivity index (χ1v) is 7.81. The lowest BCUT2D eigenvalue weighted by molar-refractivity contribution is -0.142. The summed E-state index contributed by atoms with van der Waals surface area (Å²) in [6, 6.07) is 2.62. The maximum absolute atomic E-state index is 13.7. The van der Waals surface area contributed by atoms with Crippen molar-refractivity contribution >= 4 is 11.6 Å². The van der Waals surface area contributed by atoms with Gasteiger partial charge in [-0.1, -0.05) is 0 Å². The van der Waals surface area contributed by atoms with Gasteiger partial charge in [0, 0.05) is 24.0 Å². The Morgan fingerprint density at radius 2 is 2.19 bits per heavy atom. The van der Waals surface area contributed by atoms with Crippen LogP contribution in [0.3, 0.4) is 0 Å². The molecule has 26 heavy (non-hydrogen) atoms. The number of fused-ring (bicyclic) bond motifs is 3. The fourth-order valence-electron chi connectivity index (χ4n) is 3.66. The molecule has 0 aliphatic heterocycles. The monoisotopic (exact) mass is 365 g/mol. The van der Waals surface area contributed by atoms with Gasteiger partial charge < -0.3 is 4.74 Å². The second-order valence-corrected chi connectivity index (χ2v) is 6.37. The zero-order valence-electron chi connectivity index (χ0n) is 13.9. The molecule has 3 heterocycles. The van der Waals surface area contributed by atoms with Crippen LogP contribution in [-0.4, -0.2) is 37.5 Å². The lowest BCUT2D eigenvalue weighted by atomic mass is 9.83. The number of ether oxygens (including phenoxy) is 1. The third-order valence-corrected chi connectivity index (χ3v) is 4.85. The van der Waals surface area contributed by atoms with Crippen LogP contribution in [0.25, 0.3) is 5.65 Å². The molecule has 7 nitrogen and oxygen atoms in total. The van der Waals surface area contributed by atoms with Gasteiger partial charge in [-0.05, 0) is 19.4 Å². The number of rotatable bonds is 3. The van der Waals surface area contributed by atoms with E-state index in [1.165, 1.54) is 30.1 Å². The lowest BCUT2D eigenvalue weighted by Crippen LogP contribution is -2.25. The minimum Gasteiger partial charge on any atom is -0.469 e. The Labute approximate surface area is 145 Å². The first-order chi connectivity index (χ1) is 12.3. The summed E-state index contributed by atoms with van der Waals surface area (Å²) in [5.74, 6) is -1.90. The molecule has 0 saturated heterocycles. The molecule has 4 rings (SSSR count). The van der Waals surface area contributed by atoms with E-state index in [1.54, 1.807) is 6.92 Å².